The number of nitrogens with one attached hydrogen (secondary N) is 2. The molecule has 0 fully saturated rings. The number of aromatic nitrogens is 6. The molecule has 2 N–H and O–H groups in total. The molecule has 3 aromatic heterocycles. The van der Waals surface area contributed by atoms with E-state index < -0.39 is 0 Å². The Bertz CT molecular complexity index is 992. The maximum absolute atomic E-state index is 12.3. The first kappa shape index (κ1) is 14.8. The van der Waals surface area contributed by atoms with Crippen LogP contribution in [0.5, 0.6) is 0 Å². The molecule has 0 bridgehead atoms. The zero-order chi connectivity index (χ0) is 17.1. The van der Waals surface area contributed by atoms with E-state index in [4.69, 9.17) is 0 Å². The molecule has 0 aliphatic heterocycles. The summed E-state index contributed by atoms with van der Waals surface area (Å²) in [6.45, 7) is 0. The number of benzene rings is 1. The maximum atomic E-state index is 12.3. The van der Waals surface area contributed by atoms with Gasteiger partial charge in [-0.05, 0) is 30.3 Å². The Balaban J connectivity index is 1.50. The van der Waals surface area contributed by atoms with Gasteiger partial charge in [0, 0.05) is 12.4 Å². The number of rotatable bonds is 4. The lowest BCUT2D eigenvalue weighted by Crippen LogP contribution is -2.14. The van der Waals surface area contributed by atoms with Crippen molar-refractivity contribution in [2.45, 2.75) is 0 Å². The molecule has 0 saturated heterocycles. The molecular weight excluding hydrogens is 318 g/mol. The second-order valence-corrected chi connectivity index (χ2v) is 5.17. The van der Waals surface area contributed by atoms with Crippen molar-refractivity contribution in [2.75, 3.05) is 5.32 Å². The summed E-state index contributed by atoms with van der Waals surface area (Å²) in [6, 6.07) is 16.6. The van der Waals surface area contributed by atoms with Crippen LogP contribution in [0.2, 0.25) is 0 Å². The number of amides is 1. The van der Waals surface area contributed by atoms with E-state index in [9.17, 15) is 4.79 Å². The Morgan fingerprint density at radius 3 is 2.64 bits per heavy atom. The fourth-order valence-electron chi connectivity index (χ4n) is 2.28. The molecule has 122 valence electrons. The molecule has 0 unspecified atom stereocenters. The van der Waals surface area contributed by atoms with Gasteiger partial charge < -0.3 is 4.98 Å². The number of carbonyl (C=O) groups is 1. The number of aromatic amines is 1. The molecule has 0 aliphatic rings. The zero-order valence-corrected chi connectivity index (χ0v) is 13.0. The molecule has 1 amide bonds. The first-order chi connectivity index (χ1) is 12.3. The SMILES string of the molecule is O=C(Nc1nnc(-c2ccccn2)[nH]1)c1ccn(-c2ccccc2)n1. The highest BCUT2D eigenvalue weighted by molar-refractivity contribution is 6.01. The largest absolute Gasteiger partial charge is 0.306 e. The summed E-state index contributed by atoms with van der Waals surface area (Å²) in [5, 5.41) is 14.8. The summed E-state index contributed by atoms with van der Waals surface area (Å²) in [4.78, 5) is 19.4. The second-order valence-electron chi connectivity index (χ2n) is 5.17. The van der Waals surface area contributed by atoms with Crippen LogP contribution >= 0.6 is 0 Å². The average molecular weight is 331 g/mol. The molecule has 3 heterocycles. The van der Waals surface area contributed by atoms with Crippen molar-refractivity contribution in [1.29, 1.82) is 0 Å². The molecule has 25 heavy (non-hydrogen) atoms. The van der Waals surface area contributed by atoms with Crippen molar-refractivity contribution in [3.8, 4) is 17.2 Å². The van der Waals surface area contributed by atoms with Gasteiger partial charge in [-0.15, -0.1) is 10.2 Å². The molecule has 0 atom stereocenters. The third-order valence-electron chi connectivity index (χ3n) is 3.47. The fourth-order valence-corrected chi connectivity index (χ4v) is 2.28. The average Bonchev–Trinajstić information content (AvgIpc) is 3.33. The van der Waals surface area contributed by atoms with E-state index in [2.05, 4.69) is 30.6 Å². The van der Waals surface area contributed by atoms with E-state index in [1.807, 2.05) is 42.5 Å². The predicted molar refractivity (Wildman–Crippen MR) is 91.1 cm³/mol. The number of H-pyrrole nitrogens is 1. The number of pyridine rings is 1. The lowest BCUT2D eigenvalue weighted by atomic mass is 10.3. The lowest BCUT2D eigenvalue weighted by Gasteiger charge is -2.00. The summed E-state index contributed by atoms with van der Waals surface area (Å²) in [5.74, 6) is 0.337. The summed E-state index contributed by atoms with van der Waals surface area (Å²) in [7, 11) is 0. The van der Waals surface area contributed by atoms with Crippen LogP contribution in [0.1, 0.15) is 10.5 Å². The Morgan fingerprint density at radius 2 is 1.84 bits per heavy atom. The van der Waals surface area contributed by atoms with E-state index in [1.165, 1.54) is 0 Å². The molecule has 8 heteroatoms. The Labute approximate surface area is 142 Å². The molecule has 0 spiro atoms. The quantitative estimate of drug-likeness (QED) is 0.597. The fraction of sp³-hybridized carbons (Fsp3) is 0. The van der Waals surface area contributed by atoms with Crippen molar-refractivity contribution in [3.05, 3.63) is 72.7 Å². The first-order valence-corrected chi connectivity index (χ1v) is 7.56. The minimum atomic E-state index is -0.376. The van der Waals surface area contributed by atoms with Crippen LogP contribution in [0, 0.1) is 0 Å². The van der Waals surface area contributed by atoms with Crippen molar-refractivity contribution >= 4 is 11.9 Å². The summed E-state index contributed by atoms with van der Waals surface area (Å²) < 4.78 is 1.63. The smallest absolute Gasteiger partial charge is 0.278 e. The van der Waals surface area contributed by atoms with Gasteiger partial charge in [0.05, 0.1) is 5.69 Å². The molecule has 0 radical (unpaired) electrons. The van der Waals surface area contributed by atoms with Gasteiger partial charge in [0.15, 0.2) is 11.5 Å². The van der Waals surface area contributed by atoms with E-state index in [0.717, 1.165) is 5.69 Å². The van der Waals surface area contributed by atoms with Gasteiger partial charge in [-0.25, -0.2) is 4.68 Å². The third kappa shape index (κ3) is 3.13. The number of nitrogens with zero attached hydrogens (tertiary/aromatic N) is 5. The van der Waals surface area contributed by atoms with Gasteiger partial charge in [0.2, 0.25) is 5.95 Å². The minimum absolute atomic E-state index is 0.236. The van der Waals surface area contributed by atoms with Crippen LogP contribution in [-0.4, -0.2) is 35.9 Å². The Morgan fingerprint density at radius 1 is 1.00 bits per heavy atom. The molecule has 0 aliphatic carbocycles. The lowest BCUT2D eigenvalue weighted by molar-refractivity contribution is 0.102. The monoisotopic (exact) mass is 331 g/mol. The topological polar surface area (TPSA) is 101 Å². The molecular formula is C17H13N7O. The zero-order valence-electron chi connectivity index (χ0n) is 13.0. The van der Waals surface area contributed by atoms with E-state index in [0.29, 0.717) is 11.5 Å². The number of para-hydroxylation sites is 1. The van der Waals surface area contributed by atoms with Crippen LogP contribution in [-0.2, 0) is 0 Å². The molecule has 0 saturated carbocycles. The molecule has 1 aromatic carbocycles. The van der Waals surface area contributed by atoms with E-state index in [-0.39, 0.29) is 17.5 Å². The van der Waals surface area contributed by atoms with Crippen molar-refractivity contribution < 1.29 is 4.79 Å². The summed E-state index contributed by atoms with van der Waals surface area (Å²) in [5.41, 5.74) is 1.79. The van der Waals surface area contributed by atoms with Gasteiger partial charge >= 0.3 is 0 Å². The summed E-state index contributed by atoms with van der Waals surface area (Å²) in [6.07, 6.45) is 3.39. The maximum Gasteiger partial charge on any atom is 0.278 e. The first-order valence-electron chi connectivity index (χ1n) is 7.56. The number of anilines is 1. The number of hydrogen-bond acceptors (Lipinski definition) is 5. The summed E-state index contributed by atoms with van der Waals surface area (Å²) >= 11 is 0. The van der Waals surface area contributed by atoms with Crippen molar-refractivity contribution in [3.63, 3.8) is 0 Å². The van der Waals surface area contributed by atoms with Gasteiger partial charge in [-0.2, -0.15) is 5.10 Å². The van der Waals surface area contributed by atoms with Gasteiger partial charge in [0.25, 0.3) is 5.91 Å². The standard InChI is InChI=1S/C17H13N7O/c25-16(14-9-11-24(23-14)12-6-2-1-3-7-12)20-17-19-15(21-22-17)13-8-4-5-10-18-13/h1-11H,(H2,19,20,21,22,25). The Kier molecular flexibility index (Phi) is 3.76. The molecule has 8 nitrogen and oxygen atoms in total. The van der Waals surface area contributed by atoms with Crippen molar-refractivity contribution in [2.24, 2.45) is 0 Å². The number of hydrogen-bond donors (Lipinski definition) is 2. The van der Waals surface area contributed by atoms with Crippen LogP contribution in [0.4, 0.5) is 5.95 Å². The normalized spacial score (nSPS) is 10.6. The van der Waals surface area contributed by atoms with Crippen LogP contribution in [0.3, 0.4) is 0 Å². The van der Waals surface area contributed by atoms with Crippen LogP contribution in [0.25, 0.3) is 17.2 Å². The highest BCUT2D eigenvalue weighted by atomic mass is 16.2. The Hall–Kier alpha value is -3.81. The van der Waals surface area contributed by atoms with E-state index >= 15 is 0 Å². The molecule has 4 rings (SSSR count). The van der Waals surface area contributed by atoms with Crippen LogP contribution < -0.4 is 5.32 Å². The predicted octanol–water partition coefficient (Wildman–Crippen LogP) is 2.30. The van der Waals surface area contributed by atoms with Gasteiger partial charge in [-0.1, -0.05) is 24.3 Å². The van der Waals surface area contributed by atoms with Gasteiger partial charge in [-0.3, -0.25) is 15.1 Å². The van der Waals surface area contributed by atoms with Gasteiger partial charge in [0.1, 0.15) is 5.69 Å². The molecule has 4 aromatic rings. The highest BCUT2D eigenvalue weighted by Gasteiger charge is 2.13. The second kappa shape index (κ2) is 6.36. The minimum Gasteiger partial charge on any atom is -0.306 e. The van der Waals surface area contributed by atoms with Crippen LogP contribution in [0.15, 0.2) is 67.0 Å². The van der Waals surface area contributed by atoms with E-state index in [1.54, 1.807) is 29.2 Å². The van der Waals surface area contributed by atoms with Crippen molar-refractivity contribution in [1.82, 2.24) is 29.9 Å². The third-order valence-corrected chi connectivity index (χ3v) is 3.47. The number of carbonyl (C=O) groups excluding carboxylic acids is 1. The highest BCUT2D eigenvalue weighted by Crippen LogP contribution is 2.13.